The van der Waals surface area contributed by atoms with Gasteiger partial charge < -0.3 is 5.32 Å². The fraction of sp³-hybridized carbons (Fsp3) is 0.222. The van der Waals surface area contributed by atoms with Crippen molar-refractivity contribution in [2.24, 2.45) is 0 Å². The number of imide groups is 1. The van der Waals surface area contributed by atoms with E-state index in [1.54, 1.807) is 12.1 Å². The molecule has 2 aromatic carbocycles. The molecule has 1 heterocycles. The summed E-state index contributed by atoms with van der Waals surface area (Å²) in [6, 6.07) is 13.2. The van der Waals surface area contributed by atoms with Gasteiger partial charge >= 0.3 is 6.03 Å². The van der Waals surface area contributed by atoms with Crippen LogP contribution in [0.5, 0.6) is 0 Å². The van der Waals surface area contributed by atoms with Crippen LogP contribution < -0.4 is 5.32 Å². The largest absolute Gasteiger partial charge is 0.325 e. The second kappa shape index (κ2) is 4.91. The number of carbonyl (C=O) groups excluding carboxylic acids is 2. The molecule has 0 saturated carbocycles. The van der Waals surface area contributed by atoms with Gasteiger partial charge in [-0.3, -0.25) is 9.69 Å². The number of fused-ring (bicyclic) bond motifs is 2. The van der Waals surface area contributed by atoms with Crippen LogP contribution in [0.15, 0.2) is 48.5 Å². The molecule has 2 aliphatic rings. The minimum atomic E-state index is -0.957. The Labute approximate surface area is 132 Å². The van der Waals surface area contributed by atoms with Gasteiger partial charge in [0.1, 0.15) is 11.4 Å². The van der Waals surface area contributed by atoms with Crippen LogP contribution in [0.2, 0.25) is 0 Å². The summed E-state index contributed by atoms with van der Waals surface area (Å²) in [4.78, 5) is 26.5. The Hall–Kier alpha value is -2.69. The van der Waals surface area contributed by atoms with Crippen LogP contribution in [0.25, 0.3) is 0 Å². The molecule has 1 saturated heterocycles. The molecule has 1 N–H and O–H groups in total. The monoisotopic (exact) mass is 310 g/mol. The summed E-state index contributed by atoms with van der Waals surface area (Å²) in [5.41, 5.74) is 1.60. The van der Waals surface area contributed by atoms with Crippen LogP contribution in [0.4, 0.5) is 9.18 Å². The van der Waals surface area contributed by atoms with E-state index in [4.69, 9.17) is 0 Å². The lowest BCUT2D eigenvalue weighted by Gasteiger charge is -2.22. The van der Waals surface area contributed by atoms with Gasteiger partial charge in [-0.1, -0.05) is 36.4 Å². The number of rotatable bonds is 2. The predicted octanol–water partition coefficient (Wildman–Crippen LogP) is 2.72. The smallest absolute Gasteiger partial charge is 0.319 e. The van der Waals surface area contributed by atoms with Gasteiger partial charge in [0.05, 0.1) is 6.54 Å². The van der Waals surface area contributed by atoms with Crippen molar-refractivity contribution in [3.05, 3.63) is 71.0 Å². The number of halogens is 1. The van der Waals surface area contributed by atoms with E-state index in [9.17, 15) is 14.0 Å². The lowest BCUT2D eigenvalue weighted by molar-refractivity contribution is -0.132. The van der Waals surface area contributed by atoms with Crippen LogP contribution in [0, 0.1) is 5.82 Å². The molecule has 2 aromatic rings. The Kier molecular flexibility index (Phi) is 2.98. The predicted molar refractivity (Wildman–Crippen MR) is 81.9 cm³/mol. The molecule has 1 aliphatic heterocycles. The second-order valence-electron chi connectivity index (χ2n) is 6.01. The zero-order valence-corrected chi connectivity index (χ0v) is 12.4. The molecule has 1 fully saturated rings. The van der Waals surface area contributed by atoms with Crippen molar-refractivity contribution in [3.8, 4) is 0 Å². The lowest BCUT2D eigenvalue weighted by atomic mass is 9.92. The lowest BCUT2D eigenvalue weighted by Crippen LogP contribution is -2.41. The van der Waals surface area contributed by atoms with Gasteiger partial charge in [0.2, 0.25) is 0 Å². The Morgan fingerprint density at radius 1 is 1.13 bits per heavy atom. The van der Waals surface area contributed by atoms with Crippen molar-refractivity contribution in [1.29, 1.82) is 0 Å². The molecule has 23 heavy (non-hydrogen) atoms. The highest BCUT2D eigenvalue weighted by Crippen LogP contribution is 2.41. The van der Waals surface area contributed by atoms with Crippen LogP contribution in [0.3, 0.4) is 0 Å². The van der Waals surface area contributed by atoms with Crippen molar-refractivity contribution in [3.63, 3.8) is 0 Å². The molecule has 4 nitrogen and oxygen atoms in total. The maximum atomic E-state index is 13.3. The average Bonchev–Trinajstić information content (AvgIpc) is 3.02. The minimum Gasteiger partial charge on any atom is -0.319 e. The van der Waals surface area contributed by atoms with Gasteiger partial charge in [0, 0.05) is 0 Å². The number of urea groups is 1. The first kappa shape index (κ1) is 13.9. The Morgan fingerprint density at radius 2 is 1.96 bits per heavy atom. The van der Waals surface area contributed by atoms with E-state index in [2.05, 4.69) is 5.32 Å². The molecule has 0 bridgehead atoms. The Morgan fingerprint density at radius 3 is 2.78 bits per heavy atom. The quantitative estimate of drug-likeness (QED) is 0.867. The topological polar surface area (TPSA) is 49.4 Å². The van der Waals surface area contributed by atoms with Gasteiger partial charge in [-0.15, -0.1) is 0 Å². The summed E-state index contributed by atoms with van der Waals surface area (Å²) in [6.07, 6.45) is 1.33. The number of amides is 3. The standard InChI is InChI=1S/C18H15FN2O2/c19-14-6-3-4-12(10-14)11-21-16(22)18(20-17(21)23)9-8-13-5-1-2-7-15(13)18/h1-7,10H,8-9,11H2,(H,20,23). The van der Waals surface area contributed by atoms with Crippen LogP contribution >= 0.6 is 0 Å². The first-order valence-electron chi connectivity index (χ1n) is 7.57. The molecule has 1 unspecified atom stereocenters. The number of hydrogen-bond acceptors (Lipinski definition) is 2. The third-order valence-electron chi connectivity index (χ3n) is 4.65. The maximum absolute atomic E-state index is 13.3. The third-order valence-corrected chi connectivity index (χ3v) is 4.65. The first-order chi connectivity index (χ1) is 11.1. The minimum absolute atomic E-state index is 0.0757. The summed E-state index contributed by atoms with van der Waals surface area (Å²) < 4.78 is 13.3. The van der Waals surface area contributed by atoms with E-state index in [1.807, 2.05) is 24.3 Å². The van der Waals surface area contributed by atoms with E-state index in [0.29, 0.717) is 12.0 Å². The Bertz CT molecular complexity index is 820. The van der Waals surface area contributed by atoms with E-state index in [0.717, 1.165) is 17.5 Å². The number of benzene rings is 2. The van der Waals surface area contributed by atoms with Crippen LogP contribution in [0.1, 0.15) is 23.1 Å². The van der Waals surface area contributed by atoms with Crippen molar-refractivity contribution in [2.75, 3.05) is 0 Å². The SMILES string of the molecule is O=C1NC2(CCc3ccccc32)C(=O)N1Cc1cccc(F)c1. The molecule has 1 atom stereocenters. The number of nitrogens with zero attached hydrogens (tertiary/aromatic N) is 1. The summed E-state index contributed by atoms with van der Waals surface area (Å²) in [6.45, 7) is 0.0757. The van der Waals surface area contributed by atoms with Gasteiger partial charge in [0.15, 0.2) is 0 Å². The van der Waals surface area contributed by atoms with Crippen molar-refractivity contribution in [1.82, 2.24) is 10.2 Å². The fourth-order valence-corrected chi connectivity index (χ4v) is 3.55. The van der Waals surface area contributed by atoms with Crippen LogP contribution in [-0.2, 0) is 23.3 Å². The molecular weight excluding hydrogens is 295 g/mol. The fourth-order valence-electron chi connectivity index (χ4n) is 3.55. The van der Waals surface area contributed by atoms with E-state index in [-0.39, 0.29) is 18.3 Å². The average molecular weight is 310 g/mol. The molecular formula is C18H15FN2O2. The van der Waals surface area contributed by atoms with Crippen molar-refractivity contribution in [2.45, 2.75) is 24.9 Å². The Balaban J connectivity index is 1.68. The molecule has 1 aliphatic carbocycles. The van der Waals surface area contributed by atoms with E-state index >= 15 is 0 Å². The molecule has 5 heteroatoms. The number of aryl methyl sites for hydroxylation is 1. The summed E-state index contributed by atoms with van der Waals surface area (Å²) >= 11 is 0. The van der Waals surface area contributed by atoms with Gasteiger partial charge in [-0.2, -0.15) is 0 Å². The highest BCUT2D eigenvalue weighted by atomic mass is 19.1. The van der Waals surface area contributed by atoms with Crippen molar-refractivity contribution < 1.29 is 14.0 Å². The summed E-state index contributed by atoms with van der Waals surface area (Å²) in [7, 11) is 0. The first-order valence-corrected chi connectivity index (χ1v) is 7.57. The number of hydrogen-bond donors (Lipinski definition) is 1. The molecule has 0 radical (unpaired) electrons. The van der Waals surface area contributed by atoms with E-state index < -0.39 is 11.6 Å². The highest BCUT2D eigenvalue weighted by molar-refractivity contribution is 6.08. The van der Waals surface area contributed by atoms with Gasteiger partial charge in [-0.25, -0.2) is 9.18 Å². The molecule has 3 amide bonds. The maximum Gasteiger partial charge on any atom is 0.325 e. The molecule has 4 rings (SSSR count). The van der Waals surface area contributed by atoms with Crippen LogP contribution in [-0.4, -0.2) is 16.8 Å². The van der Waals surface area contributed by atoms with Gasteiger partial charge in [-0.05, 0) is 41.7 Å². The van der Waals surface area contributed by atoms with Crippen molar-refractivity contribution >= 4 is 11.9 Å². The highest BCUT2D eigenvalue weighted by Gasteiger charge is 2.55. The summed E-state index contributed by atoms with van der Waals surface area (Å²) in [5.74, 6) is -0.632. The third kappa shape index (κ3) is 2.04. The van der Waals surface area contributed by atoms with E-state index in [1.165, 1.54) is 17.0 Å². The molecule has 116 valence electrons. The molecule has 1 spiro atoms. The molecule has 0 aromatic heterocycles. The second-order valence-corrected chi connectivity index (χ2v) is 6.01. The zero-order chi connectivity index (χ0) is 16.0. The summed E-state index contributed by atoms with van der Waals surface area (Å²) in [5, 5.41) is 2.86. The number of nitrogens with one attached hydrogen (secondary N) is 1. The zero-order valence-electron chi connectivity index (χ0n) is 12.4. The normalized spacial score (nSPS) is 22.6. The number of carbonyl (C=O) groups is 2. The van der Waals surface area contributed by atoms with Gasteiger partial charge in [0.25, 0.3) is 5.91 Å².